The van der Waals surface area contributed by atoms with Crippen molar-refractivity contribution in [3.63, 3.8) is 0 Å². The molecule has 5 heteroatoms. The molecule has 1 heterocycles. The molecule has 0 bridgehead atoms. The molecule has 0 fully saturated rings. The molecule has 3 N–H and O–H groups in total. The topological polar surface area (TPSA) is 76.7 Å². The molecule has 0 aliphatic carbocycles. The molecule has 0 spiro atoms. The van der Waals surface area contributed by atoms with Crippen LogP contribution >= 0.6 is 0 Å². The van der Waals surface area contributed by atoms with Crippen LogP contribution in [-0.4, -0.2) is 21.3 Å². The van der Waals surface area contributed by atoms with Gasteiger partial charge in [0.15, 0.2) is 0 Å². The Labute approximate surface area is 92.9 Å². The first-order valence-electron chi connectivity index (χ1n) is 5.16. The van der Waals surface area contributed by atoms with Gasteiger partial charge in [-0.25, -0.2) is 14.5 Å². The molecule has 0 saturated heterocycles. The number of rotatable bonds is 3. The van der Waals surface area contributed by atoms with Gasteiger partial charge in [-0.15, -0.1) is 0 Å². The third kappa shape index (κ3) is 1.90. The smallest absolute Gasteiger partial charge is 0.330 e. The number of H-pyrrole nitrogens is 1. The minimum Gasteiger partial charge on any atom is -0.330 e. The first kappa shape index (κ1) is 10.6. The normalized spacial score (nSPS) is 10.6. The van der Waals surface area contributed by atoms with Crippen LogP contribution in [0.4, 0.5) is 0 Å². The zero-order valence-corrected chi connectivity index (χ0v) is 9.10. The Kier molecular flexibility index (Phi) is 2.87. The second kappa shape index (κ2) is 4.32. The van der Waals surface area contributed by atoms with Gasteiger partial charge < -0.3 is 5.73 Å². The average molecular weight is 218 g/mol. The number of hydrogen-bond acceptors (Lipinski definition) is 3. The lowest BCUT2D eigenvalue weighted by Crippen LogP contribution is -2.18. The summed E-state index contributed by atoms with van der Waals surface area (Å²) in [5, 5.41) is 6.40. The quantitative estimate of drug-likeness (QED) is 0.781. The summed E-state index contributed by atoms with van der Waals surface area (Å²) in [6, 6.07) is 7.72. The van der Waals surface area contributed by atoms with E-state index in [0.29, 0.717) is 18.8 Å². The predicted molar refractivity (Wildman–Crippen MR) is 61.7 cm³/mol. The van der Waals surface area contributed by atoms with E-state index in [1.807, 2.05) is 31.2 Å². The highest BCUT2D eigenvalue weighted by atomic mass is 16.1. The monoisotopic (exact) mass is 218 g/mol. The van der Waals surface area contributed by atoms with E-state index in [0.717, 1.165) is 11.3 Å². The van der Waals surface area contributed by atoms with Gasteiger partial charge in [0, 0.05) is 6.42 Å². The maximum absolute atomic E-state index is 11.6. The van der Waals surface area contributed by atoms with E-state index in [-0.39, 0.29) is 5.69 Å². The zero-order valence-electron chi connectivity index (χ0n) is 9.10. The van der Waals surface area contributed by atoms with Crippen LogP contribution in [0.5, 0.6) is 0 Å². The molecule has 84 valence electrons. The van der Waals surface area contributed by atoms with Crippen LogP contribution in [-0.2, 0) is 6.42 Å². The van der Waals surface area contributed by atoms with E-state index in [9.17, 15) is 4.79 Å². The summed E-state index contributed by atoms with van der Waals surface area (Å²) in [7, 11) is 0. The molecule has 0 radical (unpaired) electrons. The number of aromatic nitrogens is 3. The van der Waals surface area contributed by atoms with Crippen molar-refractivity contribution in [1.29, 1.82) is 0 Å². The van der Waals surface area contributed by atoms with Crippen molar-refractivity contribution < 1.29 is 0 Å². The van der Waals surface area contributed by atoms with Crippen LogP contribution in [0, 0.1) is 6.92 Å². The molecule has 1 aromatic carbocycles. The molecule has 0 atom stereocenters. The predicted octanol–water partition coefficient (Wildman–Crippen LogP) is 0.370. The van der Waals surface area contributed by atoms with Gasteiger partial charge >= 0.3 is 5.69 Å². The highest BCUT2D eigenvalue weighted by Gasteiger charge is 2.09. The van der Waals surface area contributed by atoms with Crippen LogP contribution in [0.1, 0.15) is 11.4 Å². The Balaban J connectivity index is 2.54. The number of aromatic amines is 1. The highest BCUT2D eigenvalue weighted by molar-refractivity contribution is 5.36. The molecule has 0 aliphatic heterocycles. The maximum atomic E-state index is 11.6. The molecule has 5 nitrogen and oxygen atoms in total. The first-order valence-corrected chi connectivity index (χ1v) is 5.16. The highest BCUT2D eigenvalue weighted by Crippen LogP contribution is 2.09. The van der Waals surface area contributed by atoms with E-state index in [4.69, 9.17) is 5.73 Å². The van der Waals surface area contributed by atoms with Crippen molar-refractivity contribution >= 4 is 0 Å². The van der Waals surface area contributed by atoms with Crippen molar-refractivity contribution in [2.24, 2.45) is 5.73 Å². The van der Waals surface area contributed by atoms with Crippen molar-refractivity contribution in [3.8, 4) is 5.69 Å². The second-order valence-corrected chi connectivity index (χ2v) is 3.66. The number of nitrogens with zero attached hydrogens (tertiary/aromatic N) is 2. The molecule has 0 unspecified atom stereocenters. The Morgan fingerprint density at radius 3 is 3.00 bits per heavy atom. The summed E-state index contributed by atoms with van der Waals surface area (Å²) >= 11 is 0. The Morgan fingerprint density at radius 2 is 2.31 bits per heavy atom. The Hall–Kier alpha value is -1.88. The summed E-state index contributed by atoms with van der Waals surface area (Å²) in [6.07, 6.45) is 0.576. The van der Waals surface area contributed by atoms with Crippen molar-refractivity contribution in [2.75, 3.05) is 6.54 Å². The van der Waals surface area contributed by atoms with Crippen molar-refractivity contribution in [1.82, 2.24) is 14.8 Å². The Morgan fingerprint density at radius 1 is 1.50 bits per heavy atom. The van der Waals surface area contributed by atoms with Gasteiger partial charge in [0.25, 0.3) is 0 Å². The number of nitrogens with two attached hydrogens (primary N) is 1. The second-order valence-electron chi connectivity index (χ2n) is 3.66. The molecule has 1 aromatic heterocycles. The molecular formula is C11H14N4O. The van der Waals surface area contributed by atoms with E-state index in [1.165, 1.54) is 0 Å². The van der Waals surface area contributed by atoms with Crippen molar-refractivity contribution in [2.45, 2.75) is 13.3 Å². The third-order valence-corrected chi connectivity index (χ3v) is 2.37. The lowest BCUT2D eigenvalue weighted by atomic mass is 10.2. The van der Waals surface area contributed by atoms with Gasteiger partial charge in [0.1, 0.15) is 5.82 Å². The van der Waals surface area contributed by atoms with Crippen LogP contribution in [0.2, 0.25) is 0 Å². The number of aryl methyl sites for hydroxylation is 1. The fourth-order valence-electron chi connectivity index (χ4n) is 1.66. The van der Waals surface area contributed by atoms with E-state index in [2.05, 4.69) is 10.2 Å². The third-order valence-electron chi connectivity index (χ3n) is 2.37. The number of benzene rings is 1. The van der Waals surface area contributed by atoms with Crippen LogP contribution in [0.25, 0.3) is 5.69 Å². The van der Waals surface area contributed by atoms with Gasteiger partial charge in [-0.1, -0.05) is 12.1 Å². The minimum atomic E-state index is -0.228. The fourth-order valence-corrected chi connectivity index (χ4v) is 1.66. The maximum Gasteiger partial charge on any atom is 0.347 e. The molecule has 2 rings (SSSR count). The molecule has 16 heavy (non-hydrogen) atoms. The van der Waals surface area contributed by atoms with E-state index < -0.39 is 0 Å². The zero-order chi connectivity index (χ0) is 11.5. The molecule has 2 aromatic rings. The lowest BCUT2D eigenvalue weighted by molar-refractivity contribution is 0.824. The summed E-state index contributed by atoms with van der Waals surface area (Å²) in [6.45, 7) is 2.45. The van der Waals surface area contributed by atoms with Crippen LogP contribution in [0.3, 0.4) is 0 Å². The van der Waals surface area contributed by atoms with E-state index in [1.54, 1.807) is 4.57 Å². The first-order chi connectivity index (χ1) is 7.72. The van der Waals surface area contributed by atoms with Crippen LogP contribution < -0.4 is 11.4 Å². The fraction of sp³-hybridized carbons (Fsp3) is 0.273. The summed E-state index contributed by atoms with van der Waals surface area (Å²) in [4.78, 5) is 11.6. The van der Waals surface area contributed by atoms with Gasteiger partial charge in [0.2, 0.25) is 0 Å². The summed E-state index contributed by atoms with van der Waals surface area (Å²) in [5.74, 6) is 0.665. The molecular weight excluding hydrogens is 204 g/mol. The molecule has 0 aliphatic rings. The Bertz CT molecular complexity index is 541. The minimum absolute atomic E-state index is 0.228. The van der Waals surface area contributed by atoms with Gasteiger partial charge in [0.05, 0.1) is 5.69 Å². The number of hydrogen-bond donors (Lipinski definition) is 2. The van der Waals surface area contributed by atoms with Gasteiger partial charge in [-0.2, -0.15) is 5.10 Å². The number of nitrogens with one attached hydrogen (secondary N) is 1. The van der Waals surface area contributed by atoms with Crippen molar-refractivity contribution in [3.05, 3.63) is 46.1 Å². The molecule has 0 saturated carbocycles. The largest absolute Gasteiger partial charge is 0.347 e. The molecule has 0 amide bonds. The summed E-state index contributed by atoms with van der Waals surface area (Å²) in [5.41, 5.74) is 7.17. The standard InChI is InChI=1S/C11H14N4O/c1-8-3-2-4-9(7-8)15-10(5-6-12)13-14-11(15)16/h2-4,7H,5-6,12H2,1H3,(H,14,16). The van der Waals surface area contributed by atoms with Crippen LogP contribution in [0.15, 0.2) is 29.1 Å². The summed E-state index contributed by atoms with van der Waals surface area (Å²) < 4.78 is 1.56. The lowest BCUT2D eigenvalue weighted by Gasteiger charge is -2.05. The van der Waals surface area contributed by atoms with Gasteiger partial charge in [-0.3, -0.25) is 0 Å². The average Bonchev–Trinajstić information content (AvgIpc) is 2.60. The SMILES string of the molecule is Cc1cccc(-n2c(CCN)n[nH]c2=O)c1. The van der Waals surface area contributed by atoms with Gasteiger partial charge in [-0.05, 0) is 31.2 Å². The van der Waals surface area contributed by atoms with E-state index >= 15 is 0 Å².